The Labute approximate surface area is 459 Å². The normalized spacial score (nSPS) is 39.7. The van der Waals surface area contributed by atoms with Crippen molar-refractivity contribution in [3.05, 3.63) is 34.7 Å². The molecular formula is C56H78N4O19. The Bertz CT molecular complexity index is 2580. The maximum absolute atomic E-state index is 13.2. The Morgan fingerprint density at radius 3 is 1.96 bits per heavy atom. The maximum Gasteiger partial charge on any atom is 0.303 e. The lowest BCUT2D eigenvalue weighted by atomic mass is 9.56. The lowest BCUT2D eigenvalue weighted by Gasteiger charge is -2.49. The van der Waals surface area contributed by atoms with Gasteiger partial charge in [-0.05, 0) is 93.0 Å². The highest BCUT2D eigenvalue weighted by Gasteiger charge is 2.63. The number of carbonyl (C=O) groups is 7. The number of aliphatic hydroxyl groups excluding tert-OH is 1. The Balaban J connectivity index is 1.00. The van der Waals surface area contributed by atoms with Crippen LogP contribution in [0, 0.1) is 35.0 Å². The third-order valence-corrected chi connectivity index (χ3v) is 18.2. The summed E-state index contributed by atoms with van der Waals surface area (Å²) in [5.41, 5.74) is 4.66. The van der Waals surface area contributed by atoms with Crippen LogP contribution in [0.4, 0.5) is 0 Å². The van der Waals surface area contributed by atoms with Crippen molar-refractivity contribution in [2.24, 2.45) is 35.0 Å². The monoisotopic (exact) mass is 1110 g/mol. The van der Waals surface area contributed by atoms with Crippen molar-refractivity contribution < 1.29 is 90.8 Å². The summed E-state index contributed by atoms with van der Waals surface area (Å²) in [5, 5.41) is 19.7. The molecule has 23 nitrogen and oxygen atoms in total. The van der Waals surface area contributed by atoms with Gasteiger partial charge in [0.2, 0.25) is 0 Å². The number of ether oxygens (including phenoxy) is 11. The first-order chi connectivity index (χ1) is 37.4. The van der Waals surface area contributed by atoms with Crippen LogP contribution in [0.5, 0.6) is 0 Å². The van der Waals surface area contributed by atoms with E-state index in [1.54, 1.807) is 11.8 Å². The fourth-order valence-electron chi connectivity index (χ4n) is 15.1. The van der Waals surface area contributed by atoms with Gasteiger partial charge in [0.25, 0.3) is 0 Å². The number of aliphatic hydroxyl groups is 1. The molecule has 1 spiro atoms. The smallest absolute Gasteiger partial charge is 0.303 e. The zero-order chi connectivity index (χ0) is 57.0. The fraction of sp³-hybridized carbons (Fsp3) is 0.768. The van der Waals surface area contributed by atoms with E-state index < -0.39 is 122 Å². The second-order valence-electron chi connectivity index (χ2n) is 23.5. The predicted octanol–water partition coefficient (Wildman–Crippen LogP) is 4.30. The molecule has 4 aliphatic carbocycles. The van der Waals surface area contributed by atoms with Crippen molar-refractivity contribution in [2.45, 2.75) is 219 Å². The summed E-state index contributed by atoms with van der Waals surface area (Å²) in [6.07, 6.45) is -4.19. The average molecular weight is 1110 g/mol. The molecule has 23 heteroatoms. The van der Waals surface area contributed by atoms with Gasteiger partial charge in [0.1, 0.15) is 31.5 Å². The van der Waals surface area contributed by atoms with Gasteiger partial charge in [0, 0.05) is 73.5 Å². The van der Waals surface area contributed by atoms with E-state index in [0.29, 0.717) is 35.9 Å². The first-order valence-corrected chi connectivity index (χ1v) is 27.9. The summed E-state index contributed by atoms with van der Waals surface area (Å²) in [4.78, 5) is 91.1. The van der Waals surface area contributed by atoms with E-state index in [-0.39, 0.29) is 29.6 Å². The Hall–Kier alpha value is -5.33. The predicted molar refractivity (Wildman–Crippen MR) is 271 cm³/mol. The van der Waals surface area contributed by atoms with Gasteiger partial charge >= 0.3 is 41.8 Å². The third-order valence-electron chi connectivity index (χ3n) is 18.2. The van der Waals surface area contributed by atoms with Gasteiger partial charge in [-0.15, -0.1) is 5.10 Å². The van der Waals surface area contributed by atoms with Crippen LogP contribution in [-0.2, 0) is 92.2 Å². The Morgan fingerprint density at radius 2 is 1.33 bits per heavy atom. The molecule has 8 aliphatic rings. The summed E-state index contributed by atoms with van der Waals surface area (Å²) in [7, 11) is 0. The van der Waals surface area contributed by atoms with Gasteiger partial charge in [-0.25, -0.2) is 4.68 Å². The maximum atomic E-state index is 13.2. The molecule has 436 valence electrons. The van der Waals surface area contributed by atoms with Crippen molar-refractivity contribution in [2.75, 3.05) is 19.8 Å². The number of piperidine rings is 1. The van der Waals surface area contributed by atoms with Gasteiger partial charge in [-0.1, -0.05) is 43.2 Å². The molecule has 9 rings (SSSR count). The number of aromatic nitrogens is 3. The van der Waals surface area contributed by atoms with Gasteiger partial charge in [0.15, 0.2) is 43.0 Å². The quantitative estimate of drug-likeness (QED) is 0.154. The summed E-state index contributed by atoms with van der Waals surface area (Å²) >= 11 is 0. The topological polar surface area (TPSA) is 275 Å². The Morgan fingerprint density at radius 1 is 0.734 bits per heavy atom. The molecule has 0 unspecified atom stereocenters. The average Bonchev–Trinajstić information content (AvgIpc) is 4.28. The Kier molecular flexibility index (Phi) is 17.2. The number of carbonyl (C=O) groups excluding carboxylic acids is 7. The second kappa shape index (κ2) is 23.3. The van der Waals surface area contributed by atoms with E-state index in [1.165, 1.54) is 15.8 Å². The highest BCUT2D eigenvalue weighted by molar-refractivity contribution is 5.69. The van der Waals surface area contributed by atoms with E-state index in [1.807, 2.05) is 0 Å². The van der Waals surface area contributed by atoms with Crippen LogP contribution < -0.4 is 0 Å². The van der Waals surface area contributed by atoms with E-state index in [4.69, 9.17) is 52.1 Å². The molecule has 6 fully saturated rings. The van der Waals surface area contributed by atoms with Gasteiger partial charge in [0.05, 0.1) is 29.7 Å². The minimum atomic E-state index is -1.82. The molecule has 2 saturated carbocycles. The van der Waals surface area contributed by atoms with Crippen molar-refractivity contribution in [3.63, 3.8) is 0 Å². The third kappa shape index (κ3) is 11.8. The molecule has 4 aliphatic heterocycles. The fourth-order valence-corrected chi connectivity index (χ4v) is 15.1. The van der Waals surface area contributed by atoms with Crippen LogP contribution >= 0.6 is 0 Å². The van der Waals surface area contributed by atoms with Crippen molar-refractivity contribution >= 4 is 41.8 Å². The van der Waals surface area contributed by atoms with Crippen LogP contribution in [0.25, 0.3) is 0 Å². The van der Waals surface area contributed by atoms with E-state index in [2.05, 4.69) is 49.0 Å². The number of hydrogen-bond donors (Lipinski definition) is 1. The largest absolute Gasteiger partial charge is 0.463 e. The van der Waals surface area contributed by atoms with Crippen LogP contribution in [-0.4, -0.2) is 166 Å². The number of fused-ring (bicyclic) bond motifs is 6. The van der Waals surface area contributed by atoms with Crippen LogP contribution in [0.2, 0.25) is 0 Å². The summed E-state index contributed by atoms with van der Waals surface area (Å²) in [6.45, 7) is 17.1. The van der Waals surface area contributed by atoms with Crippen LogP contribution in [0.1, 0.15) is 139 Å². The number of nitrogens with zero attached hydrogens (tertiary/aromatic N) is 4. The highest BCUT2D eigenvalue weighted by atomic mass is 16.8. The van der Waals surface area contributed by atoms with Gasteiger partial charge in [-0.2, -0.15) is 0 Å². The summed E-state index contributed by atoms with van der Waals surface area (Å²) in [5.74, 6) is -3.70. The zero-order valence-electron chi connectivity index (χ0n) is 47.1. The molecule has 5 heterocycles. The van der Waals surface area contributed by atoms with Crippen molar-refractivity contribution in [3.8, 4) is 0 Å². The molecule has 1 aromatic rings. The number of allylic oxidation sites excluding steroid dienone is 2. The molecule has 0 radical (unpaired) electrons. The number of esters is 7. The molecule has 0 aromatic carbocycles. The number of hydrogen-bond acceptors (Lipinski definition) is 22. The molecule has 0 amide bonds. The first kappa shape index (κ1) is 58.3. The van der Waals surface area contributed by atoms with E-state index >= 15 is 0 Å². The number of rotatable bonds is 14. The summed E-state index contributed by atoms with van der Waals surface area (Å²) < 4.78 is 67.6. The van der Waals surface area contributed by atoms with Gasteiger partial charge in [-0.3, -0.25) is 38.5 Å². The number of likely N-dealkylation sites (tertiary alicyclic amines) is 1. The minimum Gasteiger partial charge on any atom is -0.463 e. The molecule has 0 bridgehead atoms. The minimum absolute atomic E-state index is 0.0314. The molecule has 1 aromatic heterocycles. The zero-order valence-corrected chi connectivity index (χ0v) is 47.1. The van der Waals surface area contributed by atoms with Crippen LogP contribution in [0.15, 0.2) is 29.0 Å². The van der Waals surface area contributed by atoms with Crippen molar-refractivity contribution in [1.29, 1.82) is 0 Å². The van der Waals surface area contributed by atoms with E-state index in [0.717, 1.165) is 106 Å². The van der Waals surface area contributed by atoms with Crippen molar-refractivity contribution in [1.82, 2.24) is 19.9 Å². The molecule has 20 atom stereocenters. The summed E-state index contributed by atoms with van der Waals surface area (Å²) in [6, 6.07) is 0.0537. The highest BCUT2D eigenvalue weighted by Crippen LogP contribution is 2.65. The molecule has 1 N–H and O–H groups in total. The lowest BCUT2D eigenvalue weighted by molar-refractivity contribution is -0.349. The molecule has 4 saturated heterocycles. The second-order valence-corrected chi connectivity index (χ2v) is 23.5. The molecular weight excluding hydrogens is 1030 g/mol. The molecule has 79 heavy (non-hydrogen) atoms. The van der Waals surface area contributed by atoms with Crippen LogP contribution in [0.3, 0.4) is 0 Å². The SMILES string of the molecule is CC(=O)OC[C@H]1O[C@@H](n2cc(CN3C[C@@H](C)C[C@H]4O[C@]5(CC[C@@H]6C(=C5C)C[C@H]5[C@H]6CC=C6C[C@@H](O)CC[C@@]65C)[C@H](C)[C@@H]43)nn2)[C@H](OC(C)=O)[C@@H](OC(C)=O)[C@@H]1O[C@@H]1O[C@H](COC(C)=O)[C@@H](OC(C)=O)[C@H](OC(C)=O)[C@H]1OC(C)=O. The lowest BCUT2D eigenvalue weighted by Crippen LogP contribution is -2.66. The van der Waals surface area contributed by atoms with Gasteiger partial charge < -0.3 is 57.2 Å². The standard InChI is InChI=1S/C56H78N4O19/c1-26-18-43-46(28(3)56(79-43)17-15-39-40-13-12-36-19-38(68)14-16-55(36,11)42(40)20-41(39)27(56)2)59(21-26)22-37-23-60(58-57-37)53-51(74-34(9)66)49(72-32(7)64)48(44(76-53)24-69-29(4)61)78-54-52(75-35(10)67)50(73-33(8)65)47(71-31(6)63)45(77-54)25-70-30(5)62/h12,23,26,28,38-40,42-54,68H,13-22,24-25H2,1-11H3/t26-,28+,38-,39-,40-,42-,43+,44+,45+,46-,47+,48+,49-,50-,51+,52+,53+,54-,55-,56-/m0/s1. The van der Waals surface area contributed by atoms with E-state index in [9.17, 15) is 38.7 Å². The first-order valence-electron chi connectivity index (χ1n) is 27.9.